The van der Waals surface area contributed by atoms with Crippen molar-refractivity contribution in [3.05, 3.63) is 0 Å². The fourth-order valence-corrected chi connectivity index (χ4v) is 0.752. The molecule has 0 heterocycles. The van der Waals surface area contributed by atoms with Gasteiger partial charge in [0, 0.05) is 13.1 Å². The van der Waals surface area contributed by atoms with E-state index in [0.29, 0.717) is 5.55 Å². The first-order valence-electron chi connectivity index (χ1n) is 3.19. The molecule has 2 N–H and O–H groups in total. The first-order valence-corrected chi connectivity index (χ1v) is 4.07. The summed E-state index contributed by atoms with van der Waals surface area (Å²) in [6, 6.07) is 0. The van der Waals surface area contributed by atoms with Crippen LogP contribution in [0.5, 0.6) is 0 Å². The fourth-order valence-electron chi connectivity index (χ4n) is 0.494. The van der Waals surface area contributed by atoms with E-state index in [1.165, 1.54) is 0 Å². The second-order valence-electron chi connectivity index (χ2n) is 1.56. The van der Waals surface area contributed by atoms with Gasteiger partial charge in [0.05, 0.1) is 0 Å². The Morgan fingerprint density at radius 2 is 1.67 bits per heavy atom. The van der Waals surface area contributed by atoms with Gasteiger partial charge in [0.25, 0.3) is 5.17 Å². The third-order valence-electron chi connectivity index (χ3n) is 1.03. The Kier molecular flexibility index (Phi) is 21.6. The van der Waals surface area contributed by atoms with E-state index in [-0.39, 0.29) is 34.7 Å². The number of hydrogen-bond acceptors (Lipinski definition) is 2. The molecule has 0 unspecified atom stereocenters. The third kappa shape index (κ3) is 13.2. The Hall–Kier alpha value is 0.580. The number of aliphatic hydroxyl groups is 2. The van der Waals surface area contributed by atoms with E-state index < -0.39 is 0 Å². The Morgan fingerprint density at radius 1 is 1.42 bits per heavy atom. The molecule has 0 atom stereocenters. The third-order valence-corrected chi connectivity index (χ3v) is 1.29. The van der Waals surface area contributed by atoms with E-state index in [4.69, 9.17) is 10.2 Å². The van der Waals surface area contributed by atoms with Gasteiger partial charge in [0.15, 0.2) is 0 Å². The van der Waals surface area contributed by atoms with Gasteiger partial charge in [-0.25, -0.2) is 0 Å². The van der Waals surface area contributed by atoms with Crippen molar-refractivity contribution in [2.75, 3.05) is 13.1 Å². The van der Waals surface area contributed by atoms with E-state index in [1.807, 2.05) is 13.8 Å². The molecule has 0 radical (unpaired) electrons. The molecule has 3 nitrogen and oxygen atoms in total. The number of hydrogen-bond donors (Lipinski definition) is 2. The number of nitrogens with zero attached hydrogens (tertiary/aromatic N) is 1. The normalized spacial score (nSPS) is 6.83. The van der Waals surface area contributed by atoms with Crippen molar-refractivity contribution in [1.82, 2.24) is 4.90 Å². The van der Waals surface area contributed by atoms with Crippen molar-refractivity contribution >= 4 is 64.7 Å². The molecule has 0 aromatic heterocycles. The summed E-state index contributed by atoms with van der Waals surface area (Å²) < 4.78 is 0. The van der Waals surface area contributed by atoms with Gasteiger partial charge in [-0.15, -0.1) is 0 Å². The summed E-state index contributed by atoms with van der Waals surface area (Å²) in [5, 5.41) is 15.9. The van der Waals surface area contributed by atoms with Crippen LogP contribution in [0.1, 0.15) is 13.8 Å². The molecule has 6 heteroatoms. The first kappa shape index (κ1) is 18.4. The summed E-state index contributed by atoms with van der Waals surface area (Å²) in [4.78, 5) is 1.70. The molecule has 12 heavy (non-hydrogen) atoms. The first-order chi connectivity index (χ1) is 5.13. The molecule has 0 amide bonds. The van der Waals surface area contributed by atoms with E-state index in [2.05, 4.69) is 24.4 Å². The molecule has 0 spiro atoms. The van der Waals surface area contributed by atoms with Crippen LogP contribution in [0.2, 0.25) is 0 Å². The van der Waals surface area contributed by atoms with Crippen molar-refractivity contribution in [1.29, 1.82) is 0 Å². The molecule has 0 bridgehead atoms. The second-order valence-corrected chi connectivity index (χ2v) is 2.14. The van der Waals surface area contributed by atoms with Crippen LogP contribution in [-0.4, -0.2) is 68.5 Å². The average Bonchev–Trinajstić information content (AvgIpc) is 1.91. The van der Waals surface area contributed by atoms with Crippen molar-refractivity contribution in [2.45, 2.75) is 13.8 Å². The Bertz CT molecular complexity index is 120. The van der Waals surface area contributed by atoms with Gasteiger partial charge >= 0.3 is 29.6 Å². The SMILES string of the molecule is CCN(CC)C(O)=S.OC=S.[NaH]. The number of rotatable bonds is 2. The average molecular weight is 219 g/mol. The van der Waals surface area contributed by atoms with E-state index in [9.17, 15) is 0 Å². The molecule has 0 saturated heterocycles. The molecule has 0 aliphatic heterocycles. The zero-order valence-corrected chi connectivity index (χ0v) is 8.28. The summed E-state index contributed by atoms with van der Waals surface area (Å²) in [5.74, 6) is 0. The van der Waals surface area contributed by atoms with Gasteiger partial charge in [-0.05, 0) is 38.3 Å². The van der Waals surface area contributed by atoms with Gasteiger partial charge < -0.3 is 15.1 Å². The van der Waals surface area contributed by atoms with Crippen LogP contribution in [0.4, 0.5) is 0 Å². The molecule has 0 aromatic carbocycles. The van der Waals surface area contributed by atoms with Crippen LogP contribution >= 0.6 is 24.4 Å². The predicted octanol–water partition coefficient (Wildman–Crippen LogP) is 1.02. The summed E-state index contributed by atoms with van der Waals surface area (Å²) in [6.45, 7) is 5.47. The van der Waals surface area contributed by atoms with Gasteiger partial charge in [-0.3, -0.25) is 0 Å². The maximum absolute atomic E-state index is 8.67. The Morgan fingerprint density at radius 3 is 1.67 bits per heavy atom. The molecule has 0 aliphatic rings. The Labute approximate surface area is 106 Å². The van der Waals surface area contributed by atoms with E-state index in [1.54, 1.807) is 4.90 Å². The quantitative estimate of drug-likeness (QED) is 0.536. The minimum absolute atomic E-state index is 0. The fraction of sp³-hybridized carbons (Fsp3) is 0.667. The van der Waals surface area contributed by atoms with Crippen LogP contribution in [0.15, 0.2) is 0 Å². The molecule has 0 aromatic rings. The minimum atomic E-state index is -0.00463. The summed E-state index contributed by atoms with van der Waals surface area (Å²) in [6.07, 6.45) is 0. The van der Waals surface area contributed by atoms with E-state index in [0.717, 1.165) is 13.1 Å². The molecule has 0 saturated carbocycles. The van der Waals surface area contributed by atoms with Crippen molar-refractivity contribution in [2.24, 2.45) is 0 Å². The monoisotopic (exact) mass is 219 g/mol. The second kappa shape index (κ2) is 14.1. The van der Waals surface area contributed by atoms with Gasteiger partial charge in [-0.2, -0.15) is 0 Å². The molecular weight excluding hydrogens is 205 g/mol. The molecule has 0 aliphatic carbocycles. The molecular formula is C6H14NNaO2S2. The number of aliphatic hydroxyl groups excluding tert-OH is 2. The summed E-state index contributed by atoms with van der Waals surface area (Å²) in [7, 11) is 0. The van der Waals surface area contributed by atoms with Crippen LogP contribution in [0, 0.1) is 0 Å². The zero-order valence-electron chi connectivity index (χ0n) is 6.65. The van der Waals surface area contributed by atoms with Crippen LogP contribution in [-0.2, 0) is 0 Å². The van der Waals surface area contributed by atoms with Crippen LogP contribution < -0.4 is 0 Å². The van der Waals surface area contributed by atoms with Crippen LogP contribution in [0.25, 0.3) is 0 Å². The molecule has 0 rings (SSSR count). The van der Waals surface area contributed by atoms with Gasteiger partial charge in [0.2, 0.25) is 0 Å². The standard InChI is InChI=1S/C5H11NOS.CH2OS.Na.H/c1-3-6(4-2)5(7)8;2-1-3;;/h3-4H2,1-2H3,(H,7,8);1H,(H,2,3);;. The topological polar surface area (TPSA) is 43.7 Å². The van der Waals surface area contributed by atoms with Crippen LogP contribution in [0.3, 0.4) is 0 Å². The Balaban J connectivity index is -0.000000177. The zero-order chi connectivity index (χ0) is 9.28. The van der Waals surface area contributed by atoms with Gasteiger partial charge in [-0.1, -0.05) is 0 Å². The predicted molar refractivity (Wildman–Crippen MR) is 61.6 cm³/mol. The van der Waals surface area contributed by atoms with E-state index >= 15 is 0 Å². The van der Waals surface area contributed by atoms with Crippen molar-refractivity contribution in [3.63, 3.8) is 0 Å². The van der Waals surface area contributed by atoms with Crippen molar-refractivity contribution in [3.8, 4) is 0 Å². The number of thiocarbonyl (C=S) groups is 2. The summed E-state index contributed by atoms with van der Waals surface area (Å²) >= 11 is 8.32. The van der Waals surface area contributed by atoms with Crippen molar-refractivity contribution < 1.29 is 10.2 Å². The molecule has 0 fully saturated rings. The molecule has 68 valence electrons. The maximum atomic E-state index is 8.67. The van der Waals surface area contributed by atoms with Gasteiger partial charge in [0.1, 0.15) is 5.55 Å². The summed E-state index contributed by atoms with van der Waals surface area (Å²) in [5.41, 5.74) is 0.583.